The number of hydrogen-bond acceptors (Lipinski definition) is 2. The lowest BCUT2D eigenvalue weighted by Crippen LogP contribution is -1.82. The Balaban J connectivity index is 1.30. The molecule has 9 aromatic rings. The van der Waals surface area contributed by atoms with Crippen LogP contribution in [0, 0.1) is 0 Å². The fourth-order valence-corrected chi connectivity index (χ4v) is 6.43. The third-order valence-electron chi connectivity index (χ3n) is 8.28. The topological polar surface area (TPSA) is 26.3 Å². The van der Waals surface area contributed by atoms with Crippen LogP contribution in [-0.2, 0) is 0 Å². The van der Waals surface area contributed by atoms with Gasteiger partial charge in [0.2, 0.25) is 0 Å². The first kappa shape index (κ1) is 21.6. The third-order valence-corrected chi connectivity index (χ3v) is 8.28. The van der Waals surface area contributed by atoms with Crippen LogP contribution in [0.1, 0.15) is 0 Å². The van der Waals surface area contributed by atoms with Crippen LogP contribution in [0.3, 0.4) is 0 Å². The predicted octanol–water partition coefficient (Wildman–Crippen LogP) is 11.1. The van der Waals surface area contributed by atoms with Crippen LogP contribution in [-0.4, -0.2) is 0 Å². The summed E-state index contributed by atoms with van der Waals surface area (Å²) >= 11 is 0. The summed E-state index contributed by atoms with van der Waals surface area (Å²) in [5.41, 5.74) is 8.04. The molecular formula is C38H22O2. The van der Waals surface area contributed by atoms with E-state index in [1.807, 2.05) is 0 Å². The number of rotatable bonds is 2. The van der Waals surface area contributed by atoms with E-state index in [0.29, 0.717) is 0 Å². The first-order valence-electron chi connectivity index (χ1n) is 13.6. The van der Waals surface area contributed by atoms with Crippen molar-refractivity contribution in [1.82, 2.24) is 0 Å². The smallest absolute Gasteiger partial charge is 0.143 e. The van der Waals surface area contributed by atoms with Crippen molar-refractivity contribution >= 4 is 65.4 Å². The van der Waals surface area contributed by atoms with Gasteiger partial charge in [0.05, 0.1) is 0 Å². The standard InChI is InChI=1S/C38H22O2/c1-3-13-25-23(9-1)11-5-15-27(25)29-17-7-19-31-33-21-34-32-20-8-18-30(28-16-6-12-24-10-2-4-14-26(24)28)38(32)40-36(34)22-35(33)39-37(29)31/h1-22H. The zero-order valence-electron chi connectivity index (χ0n) is 21.5. The fourth-order valence-electron chi connectivity index (χ4n) is 6.43. The quantitative estimate of drug-likeness (QED) is 0.231. The molecule has 2 nitrogen and oxygen atoms in total. The van der Waals surface area contributed by atoms with E-state index in [9.17, 15) is 0 Å². The van der Waals surface area contributed by atoms with Crippen molar-refractivity contribution in [3.8, 4) is 22.3 Å². The van der Waals surface area contributed by atoms with E-state index >= 15 is 0 Å². The van der Waals surface area contributed by atoms with Gasteiger partial charge in [-0.15, -0.1) is 0 Å². The molecule has 0 amide bonds. The van der Waals surface area contributed by atoms with Gasteiger partial charge in [-0.2, -0.15) is 0 Å². The van der Waals surface area contributed by atoms with E-state index in [4.69, 9.17) is 8.83 Å². The van der Waals surface area contributed by atoms with Gasteiger partial charge < -0.3 is 8.83 Å². The van der Waals surface area contributed by atoms with E-state index in [-0.39, 0.29) is 0 Å². The normalized spacial score (nSPS) is 12.0. The molecule has 0 unspecified atom stereocenters. The molecule has 186 valence electrons. The summed E-state index contributed by atoms with van der Waals surface area (Å²) in [5, 5.41) is 9.31. The van der Waals surface area contributed by atoms with Crippen molar-refractivity contribution < 1.29 is 8.83 Å². The van der Waals surface area contributed by atoms with Crippen molar-refractivity contribution in [2.75, 3.05) is 0 Å². The summed E-state index contributed by atoms with van der Waals surface area (Å²) in [6.45, 7) is 0. The minimum atomic E-state index is 0.834. The second kappa shape index (κ2) is 8.08. The Kier molecular flexibility index (Phi) is 4.36. The minimum Gasteiger partial charge on any atom is -0.455 e. The largest absolute Gasteiger partial charge is 0.455 e. The molecule has 0 bridgehead atoms. The van der Waals surface area contributed by atoms with Gasteiger partial charge in [0.1, 0.15) is 22.3 Å². The van der Waals surface area contributed by atoms with Gasteiger partial charge >= 0.3 is 0 Å². The van der Waals surface area contributed by atoms with Gasteiger partial charge in [0.25, 0.3) is 0 Å². The Labute approximate surface area is 229 Å². The summed E-state index contributed by atoms with van der Waals surface area (Å²) in [4.78, 5) is 0. The molecule has 0 aliphatic heterocycles. The second-order valence-electron chi connectivity index (χ2n) is 10.5. The molecule has 2 heterocycles. The van der Waals surface area contributed by atoms with Crippen LogP contribution < -0.4 is 0 Å². The summed E-state index contributed by atoms with van der Waals surface area (Å²) in [6.07, 6.45) is 0. The van der Waals surface area contributed by atoms with E-state index in [2.05, 4.69) is 133 Å². The predicted molar refractivity (Wildman–Crippen MR) is 167 cm³/mol. The molecule has 7 aromatic carbocycles. The van der Waals surface area contributed by atoms with Crippen LogP contribution in [0.5, 0.6) is 0 Å². The Morgan fingerprint density at radius 2 is 0.700 bits per heavy atom. The number of benzene rings is 7. The minimum absolute atomic E-state index is 0.834. The maximum atomic E-state index is 6.60. The monoisotopic (exact) mass is 510 g/mol. The molecule has 0 N–H and O–H groups in total. The number of hydrogen-bond donors (Lipinski definition) is 0. The molecule has 2 heteroatoms. The Bertz CT molecular complexity index is 2260. The lowest BCUT2D eigenvalue weighted by atomic mass is 9.96. The molecule has 0 aliphatic carbocycles. The summed E-state index contributed by atoms with van der Waals surface area (Å²) in [6, 6.07) is 47.1. The molecule has 0 spiro atoms. The van der Waals surface area contributed by atoms with E-state index in [1.165, 1.54) is 32.7 Å². The Morgan fingerprint density at radius 1 is 0.300 bits per heavy atom. The molecule has 0 radical (unpaired) electrons. The van der Waals surface area contributed by atoms with Crippen LogP contribution in [0.25, 0.3) is 87.7 Å². The highest BCUT2D eigenvalue weighted by atomic mass is 16.3. The average molecular weight is 511 g/mol. The number of fused-ring (bicyclic) bond motifs is 8. The first-order valence-corrected chi connectivity index (χ1v) is 13.6. The molecule has 2 aromatic heterocycles. The molecular weight excluding hydrogens is 488 g/mol. The summed E-state index contributed by atoms with van der Waals surface area (Å²) in [7, 11) is 0. The fraction of sp³-hybridized carbons (Fsp3) is 0. The number of furan rings is 2. The molecule has 9 rings (SSSR count). The van der Waals surface area contributed by atoms with Crippen LogP contribution in [0.4, 0.5) is 0 Å². The van der Waals surface area contributed by atoms with Gasteiger partial charge in [-0.1, -0.05) is 121 Å². The van der Waals surface area contributed by atoms with E-state index in [1.54, 1.807) is 0 Å². The molecule has 0 saturated heterocycles. The molecule has 0 fully saturated rings. The average Bonchev–Trinajstić information content (AvgIpc) is 3.57. The lowest BCUT2D eigenvalue weighted by Gasteiger charge is -2.07. The van der Waals surface area contributed by atoms with E-state index in [0.717, 1.165) is 55.0 Å². The maximum Gasteiger partial charge on any atom is 0.143 e. The van der Waals surface area contributed by atoms with Crippen molar-refractivity contribution in [1.29, 1.82) is 0 Å². The third kappa shape index (κ3) is 2.99. The van der Waals surface area contributed by atoms with Gasteiger partial charge in [-0.25, -0.2) is 0 Å². The Hall–Kier alpha value is -5.34. The highest BCUT2D eigenvalue weighted by Gasteiger charge is 2.18. The molecule has 0 saturated carbocycles. The SMILES string of the molecule is c1ccc2c(-c3cccc4c3oc3cc5oc6c(-c7cccc8ccccc78)cccc6c5cc34)cccc2c1. The zero-order valence-corrected chi connectivity index (χ0v) is 21.5. The first-order chi connectivity index (χ1) is 19.8. The molecule has 40 heavy (non-hydrogen) atoms. The lowest BCUT2D eigenvalue weighted by molar-refractivity contribution is 0.657. The number of para-hydroxylation sites is 2. The van der Waals surface area contributed by atoms with Crippen LogP contribution in [0.2, 0.25) is 0 Å². The van der Waals surface area contributed by atoms with Crippen LogP contribution >= 0.6 is 0 Å². The van der Waals surface area contributed by atoms with Gasteiger partial charge in [-0.3, -0.25) is 0 Å². The summed E-state index contributed by atoms with van der Waals surface area (Å²) < 4.78 is 13.2. The van der Waals surface area contributed by atoms with Crippen molar-refractivity contribution in [2.24, 2.45) is 0 Å². The highest BCUT2D eigenvalue weighted by molar-refractivity contribution is 6.19. The van der Waals surface area contributed by atoms with Gasteiger partial charge in [-0.05, 0) is 38.7 Å². The molecule has 0 aliphatic rings. The Morgan fingerprint density at radius 3 is 1.23 bits per heavy atom. The maximum absolute atomic E-state index is 6.60. The zero-order chi connectivity index (χ0) is 26.2. The highest BCUT2D eigenvalue weighted by Crippen LogP contribution is 2.43. The van der Waals surface area contributed by atoms with Crippen molar-refractivity contribution in [3.63, 3.8) is 0 Å². The van der Waals surface area contributed by atoms with Crippen molar-refractivity contribution in [2.45, 2.75) is 0 Å². The molecule has 0 atom stereocenters. The van der Waals surface area contributed by atoms with Gasteiger partial charge in [0, 0.05) is 38.7 Å². The van der Waals surface area contributed by atoms with E-state index < -0.39 is 0 Å². The summed E-state index contributed by atoms with van der Waals surface area (Å²) in [5.74, 6) is 0. The second-order valence-corrected chi connectivity index (χ2v) is 10.5. The van der Waals surface area contributed by atoms with Gasteiger partial charge in [0.15, 0.2) is 0 Å². The van der Waals surface area contributed by atoms with Crippen LogP contribution in [0.15, 0.2) is 142 Å². The van der Waals surface area contributed by atoms with Crippen molar-refractivity contribution in [3.05, 3.63) is 133 Å².